The normalized spacial score (nSPS) is 20.9. The number of hydrogen-bond donors (Lipinski definition) is 2. The zero-order valence-corrected chi connectivity index (χ0v) is 26.3. The molecule has 0 saturated heterocycles. The Morgan fingerprint density at radius 3 is 0.905 bits per heavy atom. The first kappa shape index (κ1) is 33.2. The summed E-state index contributed by atoms with van der Waals surface area (Å²) in [5, 5.41) is 22.5. The molecule has 0 radical (unpaired) electrons. The summed E-state index contributed by atoms with van der Waals surface area (Å²) in [4.78, 5) is 20.1. The Bertz CT molecular complexity index is 1020. The minimum Gasteiger partial charge on any atom is -0.507 e. The molecular formula is C36H52N4O2. The maximum atomic E-state index is 11.2. The summed E-state index contributed by atoms with van der Waals surface area (Å²) in [5.74, 6) is 0.411. The Kier molecular flexibility index (Phi) is 14.5. The van der Waals surface area contributed by atoms with E-state index in [0.29, 0.717) is 22.3 Å². The van der Waals surface area contributed by atoms with Crippen LogP contribution in [0.4, 0.5) is 0 Å². The molecule has 1 aliphatic rings. The van der Waals surface area contributed by atoms with Crippen molar-refractivity contribution in [3.63, 3.8) is 0 Å². The van der Waals surface area contributed by atoms with Crippen molar-refractivity contribution >= 4 is 24.9 Å². The van der Waals surface area contributed by atoms with Crippen LogP contribution in [0.1, 0.15) is 127 Å². The molecule has 2 aromatic carbocycles. The van der Waals surface area contributed by atoms with Gasteiger partial charge in [0.05, 0.1) is 24.2 Å². The lowest BCUT2D eigenvalue weighted by atomic mass is 9.97. The van der Waals surface area contributed by atoms with Crippen molar-refractivity contribution < 1.29 is 10.2 Å². The second-order valence-corrected chi connectivity index (χ2v) is 11.5. The van der Waals surface area contributed by atoms with Gasteiger partial charge in [0.2, 0.25) is 0 Å². The van der Waals surface area contributed by atoms with Crippen LogP contribution in [0, 0.1) is 0 Å². The van der Waals surface area contributed by atoms with Crippen LogP contribution in [-0.4, -0.2) is 59.2 Å². The van der Waals surface area contributed by atoms with Gasteiger partial charge in [0, 0.05) is 47.1 Å². The van der Waals surface area contributed by atoms with Crippen LogP contribution in [0.15, 0.2) is 56.4 Å². The van der Waals surface area contributed by atoms with Gasteiger partial charge >= 0.3 is 0 Å². The molecule has 0 saturated carbocycles. The average Bonchev–Trinajstić information content (AvgIpc) is 3.00. The largest absolute Gasteiger partial charge is 0.507 e. The SMILES string of the molecule is CCCC[C@@H]1N=Cc2cccc(c2O)C=N[C@H](CCCC)[C@H](CCCC)N=Cc2cccc(c2O)C=N[C@@H]1CCCC. The lowest BCUT2D eigenvalue weighted by molar-refractivity contribution is 0.448. The molecule has 0 amide bonds. The van der Waals surface area contributed by atoms with Crippen LogP contribution in [0.3, 0.4) is 0 Å². The molecule has 1 aliphatic heterocycles. The summed E-state index contributed by atoms with van der Waals surface area (Å²) in [6, 6.07) is 11.4. The monoisotopic (exact) mass is 572 g/mol. The number of benzene rings is 2. The number of phenolic OH excluding ortho intramolecular Hbond substituents is 2. The van der Waals surface area contributed by atoms with Crippen LogP contribution in [-0.2, 0) is 0 Å². The summed E-state index contributed by atoms with van der Waals surface area (Å²) >= 11 is 0. The zero-order chi connectivity index (χ0) is 30.2. The smallest absolute Gasteiger partial charge is 0.133 e. The van der Waals surface area contributed by atoms with Crippen molar-refractivity contribution in [1.82, 2.24) is 0 Å². The Labute approximate surface area is 253 Å². The van der Waals surface area contributed by atoms with Crippen molar-refractivity contribution in [3.05, 3.63) is 58.7 Å². The summed E-state index contributed by atoms with van der Waals surface area (Å²) in [5.41, 5.74) is 2.76. The maximum absolute atomic E-state index is 11.2. The van der Waals surface area contributed by atoms with Crippen LogP contribution >= 0.6 is 0 Å². The standard InChI is InChI=1S/C36H52N4O2/c1-5-9-19-31-32(20-10-6-2)38-24-28-16-14-18-30(36(28)42)26-40-34(22-12-8-4)33(21-11-7-3)39-25-29-17-13-15-27(23-37-31)35(29)41/h13-18,23-26,31-34,41-42H,5-12,19-22H2,1-4H3/t31-,32+,33+,34-. The summed E-state index contributed by atoms with van der Waals surface area (Å²) < 4.78 is 0. The molecule has 0 aromatic heterocycles. The molecule has 0 unspecified atom stereocenters. The van der Waals surface area contributed by atoms with Crippen LogP contribution in [0.2, 0.25) is 0 Å². The second-order valence-electron chi connectivity index (χ2n) is 11.5. The van der Waals surface area contributed by atoms with E-state index in [1.165, 1.54) is 0 Å². The molecule has 42 heavy (non-hydrogen) atoms. The van der Waals surface area contributed by atoms with E-state index in [1.807, 2.05) is 61.3 Å². The lowest BCUT2D eigenvalue weighted by Crippen LogP contribution is -2.24. The van der Waals surface area contributed by atoms with Gasteiger partial charge < -0.3 is 10.2 Å². The number of rotatable bonds is 12. The number of phenols is 2. The highest BCUT2D eigenvalue weighted by Crippen LogP contribution is 2.26. The number of hydrogen-bond acceptors (Lipinski definition) is 6. The third kappa shape index (κ3) is 9.92. The molecule has 228 valence electrons. The molecule has 3 rings (SSSR count). The van der Waals surface area contributed by atoms with Crippen molar-refractivity contribution in [3.8, 4) is 11.5 Å². The summed E-state index contributed by atoms with van der Waals surface area (Å²) in [6.45, 7) is 8.76. The molecular weight excluding hydrogens is 520 g/mol. The minimum atomic E-state index is -0.0204. The highest BCUT2D eigenvalue weighted by atomic mass is 16.3. The predicted molar refractivity (Wildman–Crippen MR) is 180 cm³/mol. The molecule has 0 spiro atoms. The number of unbranched alkanes of at least 4 members (excludes halogenated alkanes) is 4. The molecule has 2 aromatic rings. The third-order valence-corrected chi connectivity index (χ3v) is 8.12. The van der Waals surface area contributed by atoms with Gasteiger partial charge in [-0.1, -0.05) is 91.2 Å². The van der Waals surface area contributed by atoms with Crippen molar-refractivity contribution in [2.45, 2.75) is 129 Å². The fraction of sp³-hybridized carbons (Fsp3) is 0.556. The Balaban J connectivity index is 2.16. The fourth-order valence-electron chi connectivity index (χ4n) is 5.40. The van der Waals surface area contributed by atoms with Crippen molar-refractivity contribution in [2.24, 2.45) is 20.0 Å². The minimum absolute atomic E-state index is 0.0204. The van der Waals surface area contributed by atoms with Gasteiger partial charge in [0.15, 0.2) is 0 Å². The van der Waals surface area contributed by atoms with Gasteiger partial charge in [0.1, 0.15) is 11.5 Å². The first-order chi connectivity index (χ1) is 20.5. The number of nitrogens with zero attached hydrogens (tertiary/aromatic N) is 4. The maximum Gasteiger partial charge on any atom is 0.133 e. The van der Waals surface area contributed by atoms with Crippen LogP contribution in [0.25, 0.3) is 0 Å². The Hall–Kier alpha value is -3.28. The second kappa shape index (κ2) is 18.3. The third-order valence-electron chi connectivity index (χ3n) is 8.12. The Morgan fingerprint density at radius 2 is 0.690 bits per heavy atom. The molecule has 6 heteroatoms. The van der Waals surface area contributed by atoms with E-state index in [2.05, 4.69) is 27.7 Å². The molecule has 2 N–H and O–H groups in total. The molecule has 1 heterocycles. The van der Waals surface area contributed by atoms with Gasteiger partial charge in [-0.25, -0.2) is 0 Å². The lowest BCUT2D eigenvalue weighted by Gasteiger charge is -2.22. The number of aliphatic imine (C=N–C) groups is 4. The van der Waals surface area contributed by atoms with Crippen molar-refractivity contribution in [1.29, 1.82) is 0 Å². The van der Waals surface area contributed by atoms with E-state index in [0.717, 1.165) is 77.0 Å². The van der Waals surface area contributed by atoms with Crippen LogP contribution in [0.5, 0.6) is 11.5 Å². The highest BCUT2D eigenvalue weighted by molar-refractivity contribution is 5.93. The molecule has 4 atom stereocenters. The summed E-state index contributed by atoms with van der Waals surface area (Å²) in [7, 11) is 0. The average molecular weight is 573 g/mol. The van der Waals surface area contributed by atoms with E-state index in [1.54, 1.807) is 0 Å². The topological polar surface area (TPSA) is 89.9 Å². The molecule has 4 bridgehead atoms. The summed E-state index contributed by atoms with van der Waals surface area (Å²) in [6.07, 6.45) is 19.4. The highest BCUT2D eigenvalue weighted by Gasteiger charge is 2.21. The first-order valence-corrected chi connectivity index (χ1v) is 16.3. The molecule has 0 fully saturated rings. The van der Waals surface area contributed by atoms with E-state index >= 15 is 0 Å². The number of fused-ring (bicyclic) bond motifs is 4. The van der Waals surface area contributed by atoms with Crippen molar-refractivity contribution in [2.75, 3.05) is 0 Å². The quantitative estimate of drug-likeness (QED) is 0.266. The van der Waals surface area contributed by atoms with Crippen LogP contribution < -0.4 is 0 Å². The van der Waals surface area contributed by atoms with E-state index in [-0.39, 0.29) is 35.7 Å². The van der Waals surface area contributed by atoms with Gasteiger partial charge in [-0.15, -0.1) is 0 Å². The van der Waals surface area contributed by atoms with Gasteiger partial charge in [-0.2, -0.15) is 0 Å². The molecule has 6 nitrogen and oxygen atoms in total. The number of para-hydroxylation sites is 2. The Morgan fingerprint density at radius 1 is 0.452 bits per heavy atom. The number of aromatic hydroxyl groups is 2. The molecule has 0 aliphatic carbocycles. The first-order valence-electron chi connectivity index (χ1n) is 16.3. The van der Waals surface area contributed by atoms with E-state index in [9.17, 15) is 10.2 Å². The van der Waals surface area contributed by atoms with Gasteiger partial charge in [-0.3, -0.25) is 20.0 Å². The predicted octanol–water partition coefficient (Wildman–Crippen LogP) is 8.72. The van der Waals surface area contributed by atoms with E-state index < -0.39 is 0 Å². The van der Waals surface area contributed by atoms with Gasteiger partial charge in [-0.05, 0) is 49.9 Å². The fourth-order valence-corrected chi connectivity index (χ4v) is 5.40. The zero-order valence-electron chi connectivity index (χ0n) is 26.3. The van der Waals surface area contributed by atoms with E-state index in [4.69, 9.17) is 20.0 Å². The van der Waals surface area contributed by atoms with Gasteiger partial charge in [0.25, 0.3) is 0 Å².